The van der Waals surface area contributed by atoms with Gasteiger partial charge in [0.15, 0.2) is 11.5 Å². The molecule has 0 unspecified atom stereocenters. The summed E-state index contributed by atoms with van der Waals surface area (Å²) in [5.74, 6) is 2.64. The lowest BCUT2D eigenvalue weighted by molar-refractivity contribution is -0.0192. The van der Waals surface area contributed by atoms with E-state index in [2.05, 4.69) is 6.07 Å². The highest BCUT2D eigenvalue weighted by atomic mass is 16.5. The van der Waals surface area contributed by atoms with E-state index in [0.29, 0.717) is 23.7 Å². The summed E-state index contributed by atoms with van der Waals surface area (Å²) in [6.07, 6.45) is 0.140. The zero-order chi connectivity index (χ0) is 23.1. The number of rotatable bonds is 5. The van der Waals surface area contributed by atoms with Gasteiger partial charge in [-0.25, -0.2) is 5.01 Å². The molecule has 3 aromatic rings. The molecule has 2 aliphatic heterocycles. The van der Waals surface area contributed by atoms with Gasteiger partial charge in [-0.15, -0.1) is 0 Å². The first kappa shape index (κ1) is 21.0. The van der Waals surface area contributed by atoms with Gasteiger partial charge >= 0.3 is 0 Å². The first-order chi connectivity index (χ1) is 16.0. The van der Waals surface area contributed by atoms with E-state index in [-0.39, 0.29) is 11.8 Å². The van der Waals surface area contributed by atoms with Crippen LogP contribution in [-0.2, 0) is 0 Å². The smallest absolute Gasteiger partial charge is 0.214 e. The molecule has 0 bridgehead atoms. The van der Waals surface area contributed by atoms with Crippen molar-refractivity contribution in [1.82, 2.24) is 5.01 Å². The summed E-state index contributed by atoms with van der Waals surface area (Å²) in [7, 11) is 4.76. The van der Waals surface area contributed by atoms with Gasteiger partial charge in [-0.3, -0.25) is 0 Å². The Balaban J connectivity index is 1.64. The second-order valence-corrected chi connectivity index (χ2v) is 8.13. The quantitative estimate of drug-likeness (QED) is 0.597. The van der Waals surface area contributed by atoms with Crippen molar-refractivity contribution in [3.63, 3.8) is 0 Å². The number of hydrazone groups is 1. The highest BCUT2D eigenvalue weighted by molar-refractivity contribution is 6.04. The van der Waals surface area contributed by atoms with Gasteiger partial charge in [-0.1, -0.05) is 29.8 Å². The zero-order valence-electron chi connectivity index (χ0n) is 19.0. The second-order valence-electron chi connectivity index (χ2n) is 8.13. The molecule has 0 radical (unpaired) electrons. The first-order valence-electron chi connectivity index (χ1n) is 10.7. The number of fused-ring (bicyclic) bond motifs is 3. The third kappa shape index (κ3) is 3.50. The molecule has 0 fully saturated rings. The number of hydrogen-bond donors (Lipinski definition) is 1. The van der Waals surface area contributed by atoms with Crippen molar-refractivity contribution in [2.75, 3.05) is 21.3 Å². The van der Waals surface area contributed by atoms with Crippen LogP contribution in [0.15, 0.2) is 59.7 Å². The molecular weight excluding hydrogens is 420 g/mol. The van der Waals surface area contributed by atoms with Gasteiger partial charge < -0.3 is 24.1 Å². The van der Waals surface area contributed by atoms with Crippen molar-refractivity contribution in [2.24, 2.45) is 5.10 Å². The van der Waals surface area contributed by atoms with Crippen LogP contribution < -0.4 is 18.9 Å². The molecule has 7 nitrogen and oxygen atoms in total. The largest absolute Gasteiger partial charge is 0.507 e. The maximum Gasteiger partial charge on any atom is 0.214 e. The summed E-state index contributed by atoms with van der Waals surface area (Å²) in [6.45, 7) is 2.00. The van der Waals surface area contributed by atoms with Crippen molar-refractivity contribution < 1.29 is 24.1 Å². The van der Waals surface area contributed by atoms with E-state index < -0.39 is 6.23 Å². The van der Waals surface area contributed by atoms with E-state index in [0.717, 1.165) is 33.7 Å². The number of benzene rings is 3. The molecule has 0 spiro atoms. The van der Waals surface area contributed by atoms with Gasteiger partial charge in [-0.05, 0) is 37.3 Å². The van der Waals surface area contributed by atoms with E-state index in [1.807, 2.05) is 54.4 Å². The molecule has 7 heteroatoms. The number of ether oxygens (including phenoxy) is 4. The van der Waals surface area contributed by atoms with Crippen LogP contribution in [0.3, 0.4) is 0 Å². The predicted molar refractivity (Wildman–Crippen MR) is 124 cm³/mol. The minimum atomic E-state index is -0.511. The minimum absolute atomic E-state index is 0.0334. The number of aromatic hydroxyl groups is 1. The standard InChI is InChI=1S/C26H26N2O5/c1-15-9-10-21(29)18(11-15)19-14-20-17-7-5-6-8-22(17)33-26(28(20)27-19)16-12-23(30-2)25(32-4)24(13-16)31-3/h5-13,20,26,29H,14H2,1-4H3/t20-,26+/m0/s1. The molecule has 0 saturated carbocycles. The highest BCUT2D eigenvalue weighted by Crippen LogP contribution is 2.50. The average Bonchev–Trinajstić information content (AvgIpc) is 3.29. The van der Waals surface area contributed by atoms with Crippen LogP contribution in [0.25, 0.3) is 0 Å². The molecule has 0 amide bonds. The van der Waals surface area contributed by atoms with Crippen LogP contribution >= 0.6 is 0 Å². The number of nitrogens with zero attached hydrogens (tertiary/aromatic N) is 2. The van der Waals surface area contributed by atoms with Gasteiger partial charge in [0.1, 0.15) is 11.5 Å². The molecule has 5 rings (SSSR count). The van der Waals surface area contributed by atoms with Crippen molar-refractivity contribution in [2.45, 2.75) is 25.6 Å². The van der Waals surface area contributed by atoms with E-state index in [4.69, 9.17) is 24.0 Å². The summed E-state index contributed by atoms with van der Waals surface area (Å²) in [5.41, 5.74) is 4.51. The van der Waals surface area contributed by atoms with Gasteiger partial charge in [0.05, 0.1) is 33.1 Å². The first-order valence-corrected chi connectivity index (χ1v) is 10.7. The van der Waals surface area contributed by atoms with Crippen LogP contribution in [0.1, 0.15) is 40.9 Å². The fraction of sp³-hybridized carbons (Fsp3) is 0.269. The fourth-order valence-corrected chi connectivity index (χ4v) is 4.54. The Bertz CT molecular complexity index is 1210. The summed E-state index contributed by atoms with van der Waals surface area (Å²) >= 11 is 0. The lowest BCUT2D eigenvalue weighted by Crippen LogP contribution is -2.33. The molecule has 170 valence electrons. The van der Waals surface area contributed by atoms with Crippen molar-refractivity contribution in [1.29, 1.82) is 0 Å². The van der Waals surface area contributed by atoms with E-state index in [9.17, 15) is 5.11 Å². The molecule has 33 heavy (non-hydrogen) atoms. The average molecular weight is 447 g/mol. The van der Waals surface area contributed by atoms with E-state index in [1.165, 1.54) is 0 Å². The lowest BCUT2D eigenvalue weighted by Gasteiger charge is -2.38. The van der Waals surface area contributed by atoms with E-state index in [1.54, 1.807) is 27.4 Å². The molecule has 1 N–H and O–H groups in total. The van der Waals surface area contributed by atoms with Crippen molar-refractivity contribution in [3.05, 3.63) is 76.9 Å². The molecule has 3 aromatic carbocycles. The van der Waals surface area contributed by atoms with Gasteiger partial charge in [-0.2, -0.15) is 5.10 Å². The van der Waals surface area contributed by atoms with Crippen LogP contribution in [0.2, 0.25) is 0 Å². The number of methoxy groups -OCH3 is 3. The Morgan fingerprint density at radius 2 is 1.70 bits per heavy atom. The van der Waals surface area contributed by atoms with Gasteiger partial charge in [0, 0.05) is 23.1 Å². The summed E-state index contributed by atoms with van der Waals surface area (Å²) in [5, 5.41) is 17.4. The third-order valence-electron chi connectivity index (χ3n) is 6.13. The molecule has 2 atom stereocenters. The molecule has 2 heterocycles. The summed E-state index contributed by atoms with van der Waals surface area (Å²) < 4.78 is 23.1. The monoisotopic (exact) mass is 446 g/mol. The number of phenols is 1. The Labute approximate surface area is 192 Å². The molecule has 2 aliphatic rings. The molecule has 0 aliphatic carbocycles. The molecular formula is C26H26N2O5. The second kappa shape index (κ2) is 8.24. The SMILES string of the molecule is COc1cc([C@H]2Oc3ccccc3[C@@H]3CC(c4cc(C)ccc4O)=NN23)cc(OC)c1OC. The third-order valence-corrected chi connectivity index (χ3v) is 6.13. The predicted octanol–water partition coefficient (Wildman–Crippen LogP) is 4.97. The summed E-state index contributed by atoms with van der Waals surface area (Å²) in [4.78, 5) is 0. The number of aryl methyl sites for hydroxylation is 1. The van der Waals surface area contributed by atoms with E-state index >= 15 is 0 Å². The van der Waals surface area contributed by atoms with Crippen LogP contribution in [0, 0.1) is 6.92 Å². The molecule has 0 aromatic heterocycles. The Kier molecular flexibility index (Phi) is 5.24. The normalized spacial score (nSPS) is 18.7. The fourth-order valence-electron chi connectivity index (χ4n) is 4.54. The number of para-hydroxylation sites is 1. The van der Waals surface area contributed by atoms with Gasteiger partial charge in [0.25, 0.3) is 0 Å². The van der Waals surface area contributed by atoms with Crippen LogP contribution in [-0.4, -0.2) is 37.2 Å². The minimum Gasteiger partial charge on any atom is -0.507 e. The Morgan fingerprint density at radius 3 is 2.39 bits per heavy atom. The summed E-state index contributed by atoms with van der Waals surface area (Å²) in [6, 6.07) is 17.3. The Hall–Kier alpha value is -3.87. The molecule has 0 saturated heterocycles. The maximum atomic E-state index is 10.5. The van der Waals surface area contributed by atoms with Crippen molar-refractivity contribution >= 4 is 5.71 Å². The lowest BCUT2D eigenvalue weighted by atomic mass is 9.95. The number of phenolic OH excluding ortho intramolecular Hbond substituents is 1. The van der Waals surface area contributed by atoms with Gasteiger partial charge in [0.2, 0.25) is 12.0 Å². The number of hydrogen-bond acceptors (Lipinski definition) is 7. The maximum absolute atomic E-state index is 10.5. The van der Waals surface area contributed by atoms with Crippen molar-refractivity contribution in [3.8, 4) is 28.7 Å². The van der Waals surface area contributed by atoms with Crippen LogP contribution in [0.5, 0.6) is 28.7 Å². The highest BCUT2D eigenvalue weighted by Gasteiger charge is 2.41. The topological polar surface area (TPSA) is 72.8 Å². The van der Waals surface area contributed by atoms with Crippen LogP contribution in [0.4, 0.5) is 0 Å². The Morgan fingerprint density at radius 1 is 0.970 bits per heavy atom. The zero-order valence-corrected chi connectivity index (χ0v) is 19.0.